The number of aromatic nitrogens is 2. The van der Waals surface area contributed by atoms with Crippen LogP contribution in [0.1, 0.15) is 17.4 Å². The number of pyridine rings is 1. The van der Waals surface area contributed by atoms with Crippen molar-refractivity contribution in [2.75, 3.05) is 19.8 Å². The highest BCUT2D eigenvalue weighted by atomic mass is 35.5. The van der Waals surface area contributed by atoms with Gasteiger partial charge in [-0.3, -0.25) is 4.79 Å². The third-order valence-corrected chi connectivity index (χ3v) is 3.45. The number of hydrogen-bond acceptors (Lipinski definition) is 3. The van der Waals surface area contributed by atoms with Gasteiger partial charge in [0, 0.05) is 24.4 Å². The summed E-state index contributed by atoms with van der Waals surface area (Å²) in [6.45, 7) is 4.06. The summed E-state index contributed by atoms with van der Waals surface area (Å²) in [6.07, 6.45) is 3.40. The zero-order chi connectivity index (χ0) is 13.5. The first-order valence-corrected chi connectivity index (χ1v) is 6.44. The van der Waals surface area contributed by atoms with Gasteiger partial charge in [-0.1, -0.05) is 18.5 Å². The van der Waals surface area contributed by atoms with Crippen LogP contribution in [0.4, 0.5) is 0 Å². The molecule has 2 aromatic rings. The van der Waals surface area contributed by atoms with Crippen molar-refractivity contribution in [2.45, 2.75) is 6.92 Å². The van der Waals surface area contributed by atoms with Crippen LogP contribution in [0, 0.1) is 5.41 Å². The van der Waals surface area contributed by atoms with E-state index in [9.17, 15) is 4.79 Å². The predicted molar refractivity (Wildman–Crippen MR) is 71.5 cm³/mol. The summed E-state index contributed by atoms with van der Waals surface area (Å²) in [6, 6.07) is 3.53. The number of nitrogens with zero attached hydrogens (tertiary/aromatic N) is 2. The predicted octanol–water partition coefficient (Wildman–Crippen LogP) is 1.75. The topological polar surface area (TPSA) is 55.6 Å². The van der Waals surface area contributed by atoms with Crippen LogP contribution in [0.25, 0.3) is 5.65 Å². The Bertz CT molecular complexity index is 634. The number of hydrogen-bond donors (Lipinski definition) is 1. The Labute approximate surface area is 115 Å². The number of fused-ring (bicyclic) bond motifs is 1. The lowest BCUT2D eigenvalue weighted by atomic mass is 9.89. The molecule has 2 aromatic heterocycles. The molecular weight excluding hydrogens is 266 g/mol. The molecule has 1 saturated heterocycles. The van der Waals surface area contributed by atoms with E-state index in [1.807, 2.05) is 0 Å². The summed E-state index contributed by atoms with van der Waals surface area (Å²) in [4.78, 5) is 16.3. The molecule has 0 aliphatic carbocycles. The van der Waals surface area contributed by atoms with Gasteiger partial charge in [-0.2, -0.15) is 0 Å². The Balaban J connectivity index is 1.74. The van der Waals surface area contributed by atoms with Gasteiger partial charge in [-0.15, -0.1) is 0 Å². The van der Waals surface area contributed by atoms with Gasteiger partial charge in [0.1, 0.15) is 11.3 Å². The molecule has 0 atom stereocenters. The molecule has 5 nitrogen and oxygen atoms in total. The van der Waals surface area contributed by atoms with Crippen molar-refractivity contribution in [3.8, 4) is 0 Å². The minimum absolute atomic E-state index is 0.0537. The highest BCUT2D eigenvalue weighted by Gasteiger charge is 2.33. The molecule has 6 heteroatoms. The highest BCUT2D eigenvalue weighted by molar-refractivity contribution is 6.30. The lowest BCUT2D eigenvalue weighted by Crippen LogP contribution is -2.48. The zero-order valence-electron chi connectivity index (χ0n) is 10.5. The number of carbonyl (C=O) groups is 1. The van der Waals surface area contributed by atoms with Gasteiger partial charge >= 0.3 is 0 Å². The van der Waals surface area contributed by atoms with E-state index in [1.54, 1.807) is 28.9 Å². The Kier molecular flexibility index (Phi) is 2.95. The molecule has 0 spiro atoms. The van der Waals surface area contributed by atoms with Gasteiger partial charge in [0.05, 0.1) is 18.2 Å². The van der Waals surface area contributed by atoms with Crippen LogP contribution >= 0.6 is 11.6 Å². The first-order chi connectivity index (χ1) is 9.06. The van der Waals surface area contributed by atoms with Gasteiger partial charge in [-0.25, -0.2) is 4.98 Å². The van der Waals surface area contributed by atoms with E-state index in [0.717, 1.165) is 0 Å². The van der Waals surface area contributed by atoms with Crippen LogP contribution in [0.15, 0.2) is 24.5 Å². The molecule has 0 aromatic carbocycles. The zero-order valence-corrected chi connectivity index (χ0v) is 11.3. The first-order valence-electron chi connectivity index (χ1n) is 6.06. The first kappa shape index (κ1) is 12.4. The average molecular weight is 280 g/mol. The standard InChI is InChI=1S/C13H14ClN3O2/c1-13(7-19-8-13)6-15-12(18)10-5-17-4-9(14)2-3-11(17)16-10/h2-5H,6-8H2,1H3,(H,15,18). The summed E-state index contributed by atoms with van der Waals surface area (Å²) in [7, 11) is 0. The summed E-state index contributed by atoms with van der Waals surface area (Å²) < 4.78 is 6.89. The van der Waals surface area contributed by atoms with Crippen molar-refractivity contribution in [1.82, 2.24) is 14.7 Å². The third-order valence-electron chi connectivity index (χ3n) is 3.22. The molecule has 1 aliphatic rings. The Morgan fingerprint density at radius 1 is 1.53 bits per heavy atom. The third kappa shape index (κ3) is 2.43. The number of nitrogens with one attached hydrogen (secondary N) is 1. The molecule has 100 valence electrons. The molecule has 1 fully saturated rings. The molecule has 0 saturated carbocycles. The minimum atomic E-state index is -0.173. The van der Waals surface area contributed by atoms with Crippen molar-refractivity contribution in [2.24, 2.45) is 5.41 Å². The van der Waals surface area contributed by atoms with E-state index in [-0.39, 0.29) is 11.3 Å². The number of ether oxygens (including phenoxy) is 1. The SMILES string of the molecule is CC1(CNC(=O)c2cn3cc(Cl)ccc3n2)COC1. The van der Waals surface area contributed by atoms with Gasteiger partial charge in [0.25, 0.3) is 5.91 Å². The fourth-order valence-corrected chi connectivity index (χ4v) is 2.18. The number of amides is 1. The van der Waals surface area contributed by atoms with Gasteiger partial charge in [0.2, 0.25) is 0 Å². The van der Waals surface area contributed by atoms with Gasteiger partial charge in [-0.05, 0) is 12.1 Å². The molecule has 1 N–H and O–H groups in total. The maximum atomic E-state index is 12.0. The monoisotopic (exact) mass is 279 g/mol. The van der Waals surface area contributed by atoms with Crippen molar-refractivity contribution in [1.29, 1.82) is 0 Å². The van der Waals surface area contributed by atoms with Gasteiger partial charge in [0.15, 0.2) is 0 Å². The normalized spacial score (nSPS) is 17.2. The quantitative estimate of drug-likeness (QED) is 0.931. The number of imidazole rings is 1. The van der Waals surface area contributed by atoms with Crippen molar-refractivity contribution in [3.63, 3.8) is 0 Å². The van der Waals surface area contributed by atoms with Crippen molar-refractivity contribution < 1.29 is 9.53 Å². The maximum Gasteiger partial charge on any atom is 0.271 e. The van der Waals surface area contributed by atoms with E-state index in [4.69, 9.17) is 16.3 Å². The lowest BCUT2D eigenvalue weighted by Gasteiger charge is -2.37. The van der Waals surface area contributed by atoms with Crippen LogP contribution in [0.3, 0.4) is 0 Å². The maximum absolute atomic E-state index is 12.0. The van der Waals surface area contributed by atoms with Crippen LogP contribution in [-0.4, -0.2) is 35.1 Å². The van der Waals surface area contributed by atoms with Crippen molar-refractivity contribution in [3.05, 3.63) is 35.2 Å². The summed E-state index contributed by atoms with van der Waals surface area (Å²) in [5.41, 5.74) is 1.15. The Morgan fingerprint density at radius 3 is 3.00 bits per heavy atom. The number of halogens is 1. The molecule has 0 unspecified atom stereocenters. The van der Waals surface area contributed by atoms with E-state index in [1.165, 1.54) is 0 Å². The summed E-state index contributed by atoms with van der Waals surface area (Å²) in [5, 5.41) is 3.50. The fraction of sp³-hybridized carbons (Fsp3) is 0.385. The Hall–Kier alpha value is -1.59. The second-order valence-electron chi connectivity index (χ2n) is 5.23. The number of carbonyl (C=O) groups excluding carboxylic acids is 1. The molecule has 1 amide bonds. The van der Waals surface area contributed by atoms with Crippen LogP contribution in [-0.2, 0) is 4.74 Å². The van der Waals surface area contributed by atoms with Gasteiger partial charge < -0.3 is 14.5 Å². The average Bonchev–Trinajstić information content (AvgIpc) is 2.76. The second kappa shape index (κ2) is 4.51. The fourth-order valence-electron chi connectivity index (χ4n) is 2.01. The van der Waals surface area contributed by atoms with E-state index in [0.29, 0.717) is 36.1 Å². The summed E-state index contributed by atoms with van der Waals surface area (Å²) in [5.74, 6) is -0.173. The van der Waals surface area contributed by atoms with E-state index in [2.05, 4.69) is 17.2 Å². The van der Waals surface area contributed by atoms with E-state index < -0.39 is 0 Å². The largest absolute Gasteiger partial charge is 0.380 e. The lowest BCUT2D eigenvalue weighted by molar-refractivity contribution is -0.0978. The van der Waals surface area contributed by atoms with E-state index >= 15 is 0 Å². The molecular formula is C13H14ClN3O2. The number of rotatable bonds is 3. The molecule has 0 radical (unpaired) electrons. The second-order valence-corrected chi connectivity index (χ2v) is 5.66. The Morgan fingerprint density at radius 2 is 2.32 bits per heavy atom. The molecule has 1 aliphatic heterocycles. The molecule has 3 rings (SSSR count). The van der Waals surface area contributed by atoms with Crippen LogP contribution in [0.2, 0.25) is 5.02 Å². The molecule has 19 heavy (non-hydrogen) atoms. The highest BCUT2D eigenvalue weighted by Crippen LogP contribution is 2.25. The van der Waals surface area contributed by atoms with Crippen molar-refractivity contribution >= 4 is 23.2 Å². The van der Waals surface area contributed by atoms with Crippen LogP contribution < -0.4 is 5.32 Å². The summed E-state index contributed by atoms with van der Waals surface area (Å²) >= 11 is 5.89. The molecule has 0 bridgehead atoms. The van der Waals surface area contributed by atoms with Crippen LogP contribution in [0.5, 0.6) is 0 Å². The smallest absolute Gasteiger partial charge is 0.271 e. The molecule has 3 heterocycles. The minimum Gasteiger partial charge on any atom is -0.380 e.